The molecule has 0 aliphatic heterocycles. The number of hydrogen-bond acceptors (Lipinski definition) is 4. The number of rotatable bonds is 5. The van der Waals surface area contributed by atoms with Crippen LogP contribution in [-0.2, 0) is 17.8 Å². The molecular formula is C6H6NaO4P3. The molecular weight excluding hydrogens is 252 g/mol. The second-order valence-corrected chi connectivity index (χ2v) is 4.54. The van der Waals surface area contributed by atoms with E-state index >= 15 is 0 Å². The van der Waals surface area contributed by atoms with E-state index in [1.807, 2.05) is 6.07 Å². The summed E-state index contributed by atoms with van der Waals surface area (Å²) in [6, 6.07) is 8.92. The average molecular weight is 258 g/mol. The Bertz CT molecular complexity index is 274. The van der Waals surface area contributed by atoms with Gasteiger partial charge in [-0.2, -0.15) is 0 Å². The standard InChI is InChI=1S/C6H5O4P3.Na.H/c7-11-9-13(10-12-8)6-4-2-1-3-5-6;;/h1-5H;;. The summed E-state index contributed by atoms with van der Waals surface area (Å²) in [5, 5.41) is 0.726. The minimum absolute atomic E-state index is 0. The second-order valence-electron chi connectivity index (χ2n) is 1.91. The zero-order valence-corrected chi connectivity index (χ0v) is 9.04. The van der Waals surface area contributed by atoms with Crippen molar-refractivity contribution in [2.45, 2.75) is 0 Å². The fourth-order valence-corrected chi connectivity index (χ4v) is 2.76. The molecule has 0 fully saturated rings. The van der Waals surface area contributed by atoms with Crippen molar-refractivity contribution in [3.05, 3.63) is 30.3 Å². The van der Waals surface area contributed by atoms with Gasteiger partial charge >= 0.3 is 46.9 Å². The summed E-state index contributed by atoms with van der Waals surface area (Å²) in [4.78, 5) is 0. The van der Waals surface area contributed by atoms with Crippen LogP contribution >= 0.6 is 25.7 Å². The molecule has 0 aliphatic rings. The Morgan fingerprint density at radius 1 is 1.00 bits per heavy atom. The van der Waals surface area contributed by atoms with Crippen molar-refractivity contribution in [2.75, 3.05) is 0 Å². The zero-order chi connectivity index (χ0) is 9.52. The Kier molecular flexibility index (Phi) is 9.53. The van der Waals surface area contributed by atoms with Gasteiger partial charge in [0.1, 0.15) is 0 Å². The molecule has 70 valence electrons. The van der Waals surface area contributed by atoms with Crippen LogP contribution in [0.25, 0.3) is 0 Å². The molecule has 0 aromatic heterocycles. The van der Waals surface area contributed by atoms with Gasteiger partial charge in [0, 0.05) is 5.30 Å². The molecule has 0 N–H and O–H groups in total. The van der Waals surface area contributed by atoms with E-state index < -0.39 is 25.7 Å². The third-order valence-corrected chi connectivity index (χ3v) is 3.62. The van der Waals surface area contributed by atoms with Crippen LogP contribution in [0.3, 0.4) is 0 Å². The van der Waals surface area contributed by atoms with Gasteiger partial charge in [0.05, 0.1) is 0 Å². The molecule has 1 aromatic rings. The van der Waals surface area contributed by atoms with Crippen LogP contribution < -0.4 is 5.30 Å². The van der Waals surface area contributed by atoms with Crippen molar-refractivity contribution in [1.29, 1.82) is 0 Å². The molecule has 0 aliphatic carbocycles. The van der Waals surface area contributed by atoms with Crippen molar-refractivity contribution in [3.63, 3.8) is 0 Å². The van der Waals surface area contributed by atoms with E-state index in [4.69, 9.17) is 8.62 Å². The van der Waals surface area contributed by atoms with E-state index in [0.717, 1.165) is 5.30 Å². The van der Waals surface area contributed by atoms with Crippen LogP contribution in [0.15, 0.2) is 30.3 Å². The first-order chi connectivity index (χ1) is 6.38. The summed E-state index contributed by atoms with van der Waals surface area (Å²) in [7, 11) is -2.47. The second kappa shape index (κ2) is 9.03. The molecule has 1 rings (SSSR count). The molecule has 0 heterocycles. The van der Waals surface area contributed by atoms with Crippen LogP contribution in [0.5, 0.6) is 0 Å². The summed E-state index contributed by atoms with van der Waals surface area (Å²) in [6.07, 6.45) is 0. The van der Waals surface area contributed by atoms with Gasteiger partial charge in [0.15, 0.2) is 0 Å². The first-order valence-electron chi connectivity index (χ1n) is 3.23. The van der Waals surface area contributed by atoms with Gasteiger partial charge < -0.3 is 0 Å². The maximum atomic E-state index is 10.2. The van der Waals surface area contributed by atoms with E-state index in [2.05, 4.69) is 0 Å². The fraction of sp³-hybridized carbons (Fsp3) is 0. The van der Waals surface area contributed by atoms with Crippen molar-refractivity contribution in [3.8, 4) is 0 Å². The summed E-state index contributed by atoms with van der Waals surface area (Å²) in [5.41, 5.74) is 0. The predicted molar refractivity (Wildman–Crippen MR) is 57.5 cm³/mol. The third-order valence-electron chi connectivity index (χ3n) is 1.18. The molecule has 0 saturated carbocycles. The van der Waals surface area contributed by atoms with Crippen molar-refractivity contribution < 1.29 is 17.8 Å². The van der Waals surface area contributed by atoms with Crippen molar-refractivity contribution in [1.82, 2.24) is 0 Å². The average Bonchev–Trinajstić information content (AvgIpc) is 2.19. The molecule has 0 atom stereocenters. The quantitative estimate of drug-likeness (QED) is 0.601. The van der Waals surface area contributed by atoms with Crippen molar-refractivity contribution in [2.24, 2.45) is 0 Å². The Morgan fingerprint density at radius 2 is 1.50 bits per heavy atom. The zero-order valence-electron chi connectivity index (χ0n) is 6.36. The van der Waals surface area contributed by atoms with E-state index in [0.29, 0.717) is 0 Å². The van der Waals surface area contributed by atoms with E-state index in [1.165, 1.54) is 0 Å². The van der Waals surface area contributed by atoms with E-state index in [-0.39, 0.29) is 29.6 Å². The van der Waals surface area contributed by atoms with Crippen LogP contribution in [0.1, 0.15) is 0 Å². The third kappa shape index (κ3) is 5.02. The SMILES string of the molecule is O=POP(OP=O)c1ccccc1.[NaH]. The van der Waals surface area contributed by atoms with Gasteiger partial charge in [-0.3, -0.25) is 0 Å². The molecule has 8 heteroatoms. The monoisotopic (exact) mass is 258 g/mol. The molecule has 4 nitrogen and oxygen atoms in total. The van der Waals surface area contributed by atoms with Gasteiger partial charge in [-0.1, -0.05) is 18.2 Å². The van der Waals surface area contributed by atoms with E-state index in [1.54, 1.807) is 24.3 Å². The van der Waals surface area contributed by atoms with Crippen LogP contribution in [-0.4, -0.2) is 29.6 Å². The van der Waals surface area contributed by atoms with Crippen molar-refractivity contribution >= 4 is 60.6 Å². The van der Waals surface area contributed by atoms with Crippen LogP contribution in [0.4, 0.5) is 0 Å². The van der Waals surface area contributed by atoms with Gasteiger partial charge in [0.25, 0.3) is 0 Å². The summed E-state index contributed by atoms with van der Waals surface area (Å²) in [5.74, 6) is 0. The Hall–Kier alpha value is 0.770. The predicted octanol–water partition coefficient (Wildman–Crippen LogP) is 2.42. The maximum absolute atomic E-state index is 10.2. The Balaban J connectivity index is 0.00000169. The summed E-state index contributed by atoms with van der Waals surface area (Å²) >= 11 is 0. The number of hydrogen-bond donors (Lipinski definition) is 0. The molecule has 0 unspecified atom stereocenters. The van der Waals surface area contributed by atoms with Gasteiger partial charge in [-0.15, -0.1) is 0 Å². The Labute approximate surface area is 108 Å². The van der Waals surface area contributed by atoms with E-state index in [9.17, 15) is 9.13 Å². The molecule has 0 saturated heterocycles. The summed E-state index contributed by atoms with van der Waals surface area (Å²) in [6.45, 7) is 0. The Morgan fingerprint density at radius 3 is 1.93 bits per heavy atom. The molecule has 0 bridgehead atoms. The van der Waals surface area contributed by atoms with Crippen LogP contribution in [0, 0.1) is 0 Å². The normalized spacial score (nSPS) is 12.3. The topological polar surface area (TPSA) is 52.6 Å². The molecule has 0 amide bonds. The van der Waals surface area contributed by atoms with Gasteiger partial charge in [-0.25, -0.2) is 17.8 Å². The fourth-order valence-electron chi connectivity index (χ4n) is 0.719. The minimum atomic E-state index is -1.51. The first kappa shape index (κ1) is 14.8. The molecule has 1 aromatic carbocycles. The molecule has 0 spiro atoms. The summed E-state index contributed by atoms with van der Waals surface area (Å²) < 4.78 is 29.8. The molecule has 0 radical (unpaired) electrons. The van der Waals surface area contributed by atoms with Gasteiger partial charge in [0.2, 0.25) is 8.38 Å². The molecule has 14 heavy (non-hydrogen) atoms. The van der Waals surface area contributed by atoms with Gasteiger partial charge in [-0.05, 0) is 12.1 Å². The first-order valence-corrected chi connectivity index (χ1v) is 5.87. The number of benzene rings is 1. The van der Waals surface area contributed by atoms with Crippen LogP contribution in [0.2, 0.25) is 0 Å².